The van der Waals surface area contributed by atoms with Crippen LogP contribution in [0.2, 0.25) is 0 Å². The maximum absolute atomic E-state index is 14.8. The van der Waals surface area contributed by atoms with Crippen LogP contribution in [0, 0.1) is 17.5 Å². The van der Waals surface area contributed by atoms with Crippen molar-refractivity contribution in [3.8, 4) is 11.1 Å². The van der Waals surface area contributed by atoms with E-state index in [0.29, 0.717) is 29.2 Å². The molecule has 29 heavy (non-hydrogen) atoms. The summed E-state index contributed by atoms with van der Waals surface area (Å²) in [5.41, 5.74) is 0.989. The van der Waals surface area contributed by atoms with Gasteiger partial charge in [-0.25, -0.2) is 23.1 Å². The van der Waals surface area contributed by atoms with Gasteiger partial charge < -0.3 is 10.6 Å². The summed E-state index contributed by atoms with van der Waals surface area (Å²) in [5.74, 6) is -2.64. The first kappa shape index (κ1) is 18.1. The Hall–Kier alpha value is -2.97. The minimum atomic E-state index is -0.987. The first-order valence-electron chi connectivity index (χ1n) is 9.79. The molecule has 3 aromatic rings. The summed E-state index contributed by atoms with van der Waals surface area (Å²) in [5, 5.41) is 14.5. The number of fused-ring (bicyclic) bond motifs is 1. The molecule has 2 aromatic heterocycles. The average Bonchev–Trinajstić information content (AvgIpc) is 2.61. The van der Waals surface area contributed by atoms with Gasteiger partial charge in [-0.3, -0.25) is 0 Å². The standard InChI is InChI=1S/C20H19F3N6/c21-10-7-13(22)15(14(23)8-10)16-17(26-11-3-1-4-11)18-20(29-25-9-24-18)28-19(16)27-12-5-2-6-12/h7-9,11-12H,1-6H2,(H2,26,27,28,29). The lowest BCUT2D eigenvalue weighted by Gasteiger charge is -2.31. The van der Waals surface area contributed by atoms with Crippen LogP contribution >= 0.6 is 0 Å². The molecule has 2 heterocycles. The van der Waals surface area contributed by atoms with Crippen molar-refractivity contribution >= 4 is 22.7 Å². The van der Waals surface area contributed by atoms with E-state index in [-0.39, 0.29) is 28.9 Å². The number of rotatable bonds is 5. The molecule has 2 aliphatic carbocycles. The van der Waals surface area contributed by atoms with Crippen LogP contribution in [0.25, 0.3) is 22.3 Å². The van der Waals surface area contributed by atoms with E-state index in [2.05, 4.69) is 30.8 Å². The van der Waals surface area contributed by atoms with Crippen LogP contribution in [0.1, 0.15) is 38.5 Å². The largest absolute Gasteiger partial charge is 0.380 e. The Morgan fingerprint density at radius 3 is 2.14 bits per heavy atom. The Kier molecular flexibility index (Phi) is 4.44. The third kappa shape index (κ3) is 3.24. The molecular formula is C20H19F3N6. The van der Waals surface area contributed by atoms with Gasteiger partial charge in [-0.1, -0.05) is 0 Å². The van der Waals surface area contributed by atoms with Crippen molar-refractivity contribution in [2.45, 2.75) is 50.6 Å². The van der Waals surface area contributed by atoms with E-state index < -0.39 is 17.5 Å². The van der Waals surface area contributed by atoms with Gasteiger partial charge in [0, 0.05) is 24.2 Å². The molecule has 0 unspecified atom stereocenters. The lowest BCUT2D eigenvalue weighted by atomic mass is 9.91. The maximum atomic E-state index is 14.8. The molecule has 5 rings (SSSR count). The van der Waals surface area contributed by atoms with Crippen molar-refractivity contribution in [1.29, 1.82) is 0 Å². The number of aromatic nitrogens is 4. The zero-order valence-electron chi connectivity index (χ0n) is 15.6. The number of benzene rings is 1. The van der Waals surface area contributed by atoms with Crippen LogP contribution in [0.3, 0.4) is 0 Å². The second-order valence-corrected chi connectivity index (χ2v) is 7.63. The van der Waals surface area contributed by atoms with Crippen LogP contribution in [0.5, 0.6) is 0 Å². The van der Waals surface area contributed by atoms with Gasteiger partial charge in [0.25, 0.3) is 0 Å². The van der Waals surface area contributed by atoms with E-state index in [1.807, 2.05) is 0 Å². The number of hydrogen-bond donors (Lipinski definition) is 2. The zero-order valence-corrected chi connectivity index (χ0v) is 15.6. The van der Waals surface area contributed by atoms with Gasteiger partial charge in [0.1, 0.15) is 35.1 Å². The number of nitrogens with one attached hydrogen (secondary N) is 2. The second-order valence-electron chi connectivity index (χ2n) is 7.63. The van der Waals surface area contributed by atoms with Gasteiger partial charge in [0.2, 0.25) is 5.65 Å². The molecule has 150 valence electrons. The molecule has 6 nitrogen and oxygen atoms in total. The lowest BCUT2D eigenvalue weighted by molar-refractivity contribution is 0.443. The number of pyridine rings is 1. The van der Waals surface area contributed by atoms with Crippen LogP contribution < -0.4 is 10.6 Å². The lowest BCUT2D eigenvalue weighted by Crippen LogP contribution is -2.30. The third-order valence-corrected chi connectivity index (χ3v) is 5.70. The SMILES string of the molecule is Fc1cc(F)c(-c2c(NC3CCC3)nc3nncnc3c2NC2CCC2)c(F)c1. The van der Waals surface area contributed by atoms with Gasteiger partial charge >= 0.3 is 0 Å². The summed E-state index contributed by atoms with van der Waals surface area (Å²) in [6.07, 6.45) is 7.21. The molecule has 0 amide bonds. The number of nitrogens with zero attached hydrogens (tertiary/aromatic N) is 4. The van der Waals surface area contributed by atoms with Crippen molar-refractivity contribution in [3.63, 3.8) is 0 Å². The Balaban J connectivity index is 1.78. The summed E-state index contributed by atoms with van der Waals surface area (Å²) < 4.78 is 43.2. The molecule has 0 saturated heterocycles. The van der Waals surface area contributed by atoms with E-state index in [1.54, 1.807) is 0 Å². The quantitative estimate of drug-likeness (QED) is 0.660. The van der Waals surface area contributed by atoms with Gasteiger partial charge in [0.15, 0.2) is 0 Å². The van der Waals surface area contributed by atoms with Crippen LogP contribution in [0.4, 0.5) is 24.7 Å². The van der Waals surface area contributed by atoms with E-state index in [9.17, 15) is 13.2 Å². The Morgan fingerprint density at radius 1 is 0.862 bits per heavy atom. The molecule has 0 atom stereocenters. The fraction of sp³-hybridized carbons (Fsp3) is 0.400. The molecular weight excluding hydrogens is 381 g/mol. The fourth-order valence-corrected chi connectivity index (χ4v) is 3.69. The van der Waals surface area contributed by atoms with Crippen molar-refractivity contribution < 1.29 is 13.2 Å². The highest BCUT2D eigenvalue weighted by atomic mass is 19.1. The van der Waals surface area contributed by atoms with E-state index >= 15 is 0 Å². The molecule has 0 aliphatic heterocycles. The number of hydrogen-bond acceptors (Lipinski definition) is 6. The number of anilines is 2. The highest BCUT2D eigenvalue weighted by molar-refractivity contribution is 6.01. The van der Waals surface area contributed by atoms with Gasteiger partial charge in [-0.15, -0.1) is 10.2 Å². The first-order chi connectivity index (χ1) is 14.1. The second kappa shape index (κ2) is 7.13. The monoisotopic (exact) mass is 400 g/mol. The predicted octanol–water partition coefficient (Wildman–Crippen LogP) is 4.43. The molecule has 2 N–H and O–H groups in total. The molecule has 0 spiro atoms. The summed E-state index contributed by atoms with van der Waals surface area (Å²) in [4.78, 5) is 8.74. The highest BCUT2D eigenvalue weighted by Gasteiger charge is 2.29. The minimum Gasteiger partial charge on any atom is -0.380 e. The van der Waals surface area contributed by atoms with Crippen molar-refractivity contribution in [1.82, 2.24) is 20.2 Å². The third-order valence-electron chi connectivity index (χ3n) is 5.70. The summed E-state index contributed by atoms with van der Waals surface area (Å²) in [6, 6.07) is 1.69. The molecule has 0 radical (unpaired) electrons. The topological polar surface area (TPSA) is 75.6 Å². The molecule has 1 aromatic carbocycles. The molecule has 2 saturated carbocycles. The van der Waals surface area contributed by atoms with Crippen LogP contribution in [-0.4, -0.2) is 32.2 Å². The van der Waals surface area contributed by atoms with Gasteiger partial charge in [-0.2, -0.15) is 0 Å². The van der Waals surface area contributed by atoms with E-state index in [1.165, 1.54) is 6.33 Å². The van der Waals surface area contributed by atoms with E-state index in [0.717, 1.165) is 38.5 Å². The Morgan fingerprint density at radius 2 is 1.52 bits per heavy atom. The van der Waals surface area contributed by atoms with Gasteiger partial charge in [0.05, 0.1) is 16.8 Å². The zero-order chi connectivity index (χ0) is 20.0. The molecule has 2 aliphatic rings. The smallest absolute Gasteiger partial charge is 0.204 e. The Bertz CT molecular complexity index is 1060. The highest BCUT2D eigenvalue weighted by Crippen LogP contribution is 2.43. The van der Waals surface area contributed by atoms with Crippen molar-refractivity contribution in [3.05, 3.63) is 35.9 Å². The van der Waals surface area contributed by atoms with Crippen molar-refractivity contribution in [2.75, 3.05) is 10.6 Å². The predicted molar refractivity (Wildman–Crippen MR) is 103 cm³/mol. The normalized spacial score (nSPS) is 17.1. The Labute approximate surface area is 165 Å². The molecule has 9 heteroatoms. The maximum Gasteiger partial charge on any atom is 0.204 e. The van der Waals surface area contributed by atoms with Crippen LogP contribution in [0.15, 0.2) is 18.5 Å². The van der Waals surface area contributed by atoms with Crippen molar-refractivity contribution in [2.24, 2.45) is 0 Å². The van der Waals surface area contributed by atoms with Crippen LogP contribution in [-0.2, 0) is 0 Å². The summed E-state index contributed by atoms with van der Waals surface area (Å²) in [6.45, 7) is 0. The molecule has 0 bridgehead atoms. The first-order valence-corrected chi connectivity index (χ1v) is 9.79. The summed E-state index contributed by atoms with van der Waals surface area (Å²) in [7, 11) is 0. The fourth-order valence-electron chi connectivity index (χ4n) is 3.69. The van der Waals surface area contributed by atoms with E-state index in [4.69, 9.17) is 0 Å². The average molecular weight is 400 g/mol. The summed E-state index contributed by atoms with van der Waals surface area (Å²) >= 11 is 0. The number of halogens is 3. The van der Waals surface area contributed by atoms with Gasteiger partial charge in [-0.05, 0) is 38.5 Å². The minimum absolute atomic E-state index is 0.159. The molecule has 2 fully saturated rings.